The topological polar surface area (TPSA) is 98.5 Å². The van der Waals surface area contributed by atoms with E-state index in [4.69, 9.17) is 5.73 Å². The Morgan fingerprint density at radius 2 is 2.05 bits per heavy atom. The predicted octanol–water partition coefficient (Wildman–Crippen LogP) is 0.377. The molecule has 0 aromatic carbocycles. The van der Waals surface area contributed by atoms with Crippen molar-refractivity contribution in [2.24, 2.45) is 11.7 Å². The van der Waals surface area contributed by atoms with Gasteiger partial charge in [0.15, 0.2) is 0 Å². The highest BCUT2D eigenvalue weighted by atomic mass is 32.2. The highest BCUT2D eigenvalue weighted by Gasteiger charge is 2.27. The summed E-state index contributed by atoms with van der Waals surface area (Å²) in [6.07, 6.45) is 4.38. The maximum atomic E-state index is 11.9. The van der Waals surface area contributed by atoms with Crippen LogP contribution < -0.4 is 10.5 Å². The van der Waals surface area contributed by atoms with Gasteiger partial charge in [0, 0.05) is 12.5 Å². The highest BCUT2D eigenvalue weighted by Crippen LogP contribution is 2.24. The van der Waals surface area contributed by atoms with Crippen molar-refractivity contribution in [3.05, 3.63) is 0 Å². The largest absolute Gasteiger partial charge is 0.469 e. The number of hydrogen-bond acceptors (Lipinski definition) is 5. The van der Waals surface area contributed by atoms with Gasteiger partial charge in [-0.1, -0.05) is 12.8 Å². The molecule has 6 nitrogen and oxygen atoms in total. The maximum Gasteiger partial charge on any atom is 0.305 e. The summed E-state index contributed by atoms with van der Waals surface area (Å²) in [6.45, 7) is 0.509. The number of hydrogen-bond donors (Lipinski definition) is 2. The molecule has 2 unspecified atom stereocenters. The summed E-state index contributed by atoms with van der Waals surface area (Å²) in [7, 11) is -2.05. The molecule has 1 fully saturated rings. The van der Waals surface area contributed by atoms with E-state index in [0.717, 1.165) is 25.7 Å². The number of rotatable bonds is 7. The molecule has 19 heavy (non-hydrogen) atoms. The van der Waals surface area contributed by atoms with Gasteiger partial charge in [0.2, 0.25) is 10.0 Å². The van der Waals surface area contributed by atoms with Gasteiger partial charge >= 0.3 is 5.97 Å². The molecule has 1 saturated carbocycles. The first-order valence-electron chi connectivity index (χ1n) is 6.75. The molecule has 0 bridgehead atoms. The summed E-state index contributed by atoms with van der Waals surface area (Å²) in [5.74, 6) is -0.201. The minimum absolute atomic E-state index is 0.0457. The fourth-order valence-electron chi connectivity index (χ4n) is 2.44. The average molecular weight is 292 g/mol. The lowest BCUT2D eigenvalue weighted by Crippen LogP contribution is -2.45. The maximum absolute atomic E-state index is 11.9. The van der Waals surface area contributed by atoms with Crippen molar-refractivity contribution in [1.82, 2.24) is 4.72 Å². The second-order valence-corrected chi connectivity index (χ2v) is 6.88. The van der Waals surface area contributed by atoms with Crippen molar-refractivity contribution in [1.29, 1.82) is 0 Å². The minimum atomic E-state index is -3.34. The van der Waals surface area contributed by atoms with E-state index in [0.29, 0.717) is 6.54 Å². The Bertz CT molecular complexity index is 383. The molecule has 1 aliphatic rings. The molecule has 0 aromatic rings. The van der Waals surface area contributed by atoms with Crippen LogP contribution >= 0.6 is 0 Å². The van der Waals surface area contributed by atoms with Crippen LogP contribution in [0.3, 0.4) is 0 Å². The molecule has 1 aliphatic carbocycles. The van der Waals surface area contributed by atoms with Crippen LogP contribution in [-0.4, -0.2) is 39.8 Å². The Balaban J connectivity index is 2.42. The third-order valence-corrected chi connectivity index (χ3v) is 5.05. The zero-order valence-electron chi connectivity index (χ0n) is 11.4. The third kappa shape index (κ3) is 5.88. The Kier molecular flexibility index (Phi) is 6.74. The van der Waals surface area contributed by atoms with Gasteiger partial charge in [0.05, 0.1) is 12.9 Å². The van der Waals surface area contributed by atoms with E-state index in [9.17, 15) is 13.2 Å². The fourth-order valence-corrected chi connectivity index (χ4v) is 3.86. The van der Waals surface area contributed by atoms with Gasteiger partial charge in [0.1, 0.15) is 0 Å². The normalized spacial score (nSPS) is 24.1. The quantitative estimate of drug-likeness (QED) is 0.661. The van der Waals surface area contributed by atoms with Crippen molar-refractivity contribution >= 4 is 16.0 Å². The summed E-state index contributed by atoms with van der Waals surface area (Å²) >= 11 is 0. The van der Waals surface area contributed by atoms with Crippen LogP contribution in [0, 0.1) is 5.92 Å². The molecule has 2 atom stereocenters. The summed E-state index contributed by atoms with van der Waals surface area (Å²) in [5, 5.41) is 0. The van der Waals surface area contributed by atoms with E-state index in [-0.39, 0.29) is 36.5 Å². The van der Waals surface area contributed by atoms with Gasteiger partial charge in [-0.3, -0.25) is 4.79 Å². The fraction of sp³-hybridized carbons (Fsp3) is 0.917. The van der Waals surface area contributed by atoms with Crippen LogP contribution in [0.15, 0.2) is 0 Å². The van der Waals surface area contributed by atoms with Gasteiger partial charge in [0.25, 0.3) is 0 Å². The van der Waals surface area contributed by atoms with E-state index in [1.54, 1.807) is 0 Å². The lowest BCUT2D eigenvalue weighted by atomic mass is 9.85. The summed E-state index contributed by atoms with van der Waals surface area (Å²) < 4.78 is 31.1. The molecule has 0 saturated heterocycles. The first-order valence-corrected chi connectivity index (χ1v) is 8.40. The molecule has 0 spiro atoms. The average Bonchev–Trinajstić information content (AvgIpc) is 2.38. The Hall–Kier alpha value is -0.660. The number of esters is 1. The van der Waals surface area contributed by atoms with Crippen LogP contribution in [0.5, 0.6) is 0 Å². The highest BCUT2D eigenvalue weighted by molar-refractivity contribution is 7.89. The van der Waals surface area contributed by atoms with Crippen LogP contribution in [0.4, 0.5) is 0 Å². The second kappa shape index (κ2) is 7.81. The number of methoxy groups -OCH3 is 1. The van der Waals surface area contributed by atoms with Gasteiger partial charge < -0.3 is 10.5 Å². The standard InChI is InChI=1S/C12H24N2O4S/c1-18-12(15)7-4-8-19(16,17)14-11-6-3-2-5-10(11)9-13/h10-11,14H,2-9,13H2,1H3. The van der Waals surface area contributed by atoms with Crippen LogP contribution in [0.1, 0.15) is 38.5 Å². The predicted molar refractivity (Wildman–Crippen MR) is 73.0 cm³/mol. The summed E-state index contributed by atoms with van der Waals surface area (Å²) in [4.78, 5) is 10.9. The van der Waals surface area contributed by atoms with E-state index in [1.807, 2.05) is 0 Å². The van der Waals surface area contributed by atoms with Crippen LogP contribution in [0.25, 0.3) is 0 Å². The molecule has 1 rings (SSSR count). The summed E-state index contributed by atoms with van der Waals surface area (Å²) in [5.41, 5.74) is 5.67. The molecular formula is C12H24N2O4S. The van der Waals surface area contributed by atoms with Gasteiger partial charge in [-0.05, 0) is 31.7 Å². The number of ether oxygens (including phenoxy) is 1. The first-order chi connectivity index (χ1) is 8.98. The SMILES string of the molecule is COC(=O)CCCS(=O)(=O)NC1CCCCC1CN. The van der Waals surface area contributed by atoms with Crippen molar-refractivity contribution in [2.45, 2.75) is 44.6 Å². The van der Waals surface area contributed by atoms with E-state index < -0.39 is 10.0 Å². The first kappa shape index (κ1) is 16.4. The van der Waals surface area contributed by atoms with Crippen molar-refractivity contribution < 1.29 is 17.9 Å². The minimum Gasteiger partial charge on any atom is -0.469 e. The summed E-state index contributed by atoms with van der Waals surface area (Å²) in [6, 6.07) is -0.0538. The molecule has 112 valence electrons. The van der Waals surface area contributed by atoms with E-state index in [2.05, 4.69) is 9.46 Å². The molecule has 0 heterocycles. The molecule has 0 radical (unpaired) electrons. The molecule has 3 N–H and O–H groups in total. The van der Waals surface area contributed by atoms with Crippen molar-refractivity contribution in [3.8, 4) is 0 Å². The molecule has 0 aromatic heterocycles. The van der Waals surface area contributed by atoms with Crippen molar-refractivity contribution in [3.63, 3.8) is 0 Å². The Morgan fingerprint density at radius 1 is 1.37 bits per heavy atom. The van der Waals surface area contributed by atoms with Gasteiger partial charge in [-0.2, -0.15) is 0 Å². The van der Waals surface area contributed by atoms with Gasteiger partial charge in [-0.15, -0.1) is 0 Å². The third-order valence-electron chi connectivity index (χ3n) is 3.56. The number of carbonyl (C=O) groups is 1. The second-order valence-electron chi connectivity index (χ2n) is 5.00. The Morgan fingerprint density at radius 3 is 2.68 bits per heavy atom. The zero-order chi connectivity index (χ0) is 14.3. The van der Waals surface area contributed by atoms with E-state index >= 15 is 0 Å². The smallest absolute Gasteiger partial charge is 0.305 e. The number of sulfonamides is 1. The lowest BCUT2D eigenvalue weighted by molar-refractivity contribution is -0.140. The molecule has 7 heteroatoms. The number of nitrogens with one attached hydrogen (secondary N) is 1. The monoisotopic (exact) mass is 292 g/mol. The number of nitrogens with two attached hydrogens (primary N) is 1. The molecular weight excluding hydrogens is 268 g/mol. The van der Waals surface area contributed by atoms with Crippen LogP contribution in [0.2, 0.25) is 0 Å². The lowest BCUT2D eigenvalue weighted by Gasteiger charge is -2.31. The Labute approximate surface area is 115 Å². The van der Waals surface area contributed by atoms with Crippen LogP contribution in [-0.2, 0) is 19.6 Å². The molecule has 0 amide bonds. The zero-order valence-corrected chi connectivity index (χ0v) is 12.2. The van der Waals surface area contributed by atoms with E-state index in [1.165, 1.54) is 7.11 Å². The number of carbonyl (C=O) groups excluding carboxylic acids is 1. The molecule has 0 aliphatic heterocycles. The van der Waals surface area contributed by atoms with Crippen molar-refractivity contribution in [2.75, 3.05) is 19.4 Å². The van der Waals surface area contributed by atoms with Gasteiger partial charge in [-0.25, -0.2) is 13.1 Å².